The van der Waals surface area contributed by atoms with Crippen LogP contribution in [0.3, 0.4) is 0 Å². The highest BCUT2D eigenvalue weighted by Gasteiger charge is 2.20. The van der Waals surface area contributed by atoms with Crippen molar-refractivity contribution < 1.29 is 17.5 Å². The first-order valence-corrected chi connectivity index (χ1v) is 10.6. The van der Waals surface area contributed by atoms with Gasteiger partial charge in [-0.25, -0.2) is 27.9 Å². The molecule has 0 bridgehead atoms. The fraction of sp³-hybridized carbons (Fsp3) is 0.143. The van der Waals surface area contributed by atoms with Crippen LogP contribution in [0.15, 0.2) is 59.6 Å². The zero-order chi connectivity index (χ0) is 21.5. The third-order valence-corrected chi connectivity index (χ3v) is 5.78. The van der Waals surface area contributed by atoms with Crippen LogP contribution in [-0.4, -0.2) is 30.1 Å². The van der Waals surface area contributed by atoms with Gasteiger partial charge >= 0.3 is 0 Å². The first kappa shape index (κ1) is 20.0. The zero-order valence-corrected chi connectivity index (χ0v) is 17.1. The van der Waals surface area contributed by atoms with E-state index in [1.165, 1.54) is 18.2 Å². The third-order valence-electron chi connectivity index (χ3n) is 4.84. The number of hydrogen-bond acceptors (Lipinski definition) is 5. The van der Waals surface area contributed by atoms with Crippen molar-refractivity contribution in [2.45, 2.75) is 18.4 Å². The summed E-state index contributed by atoms with van der Waals surface area (Å²) in [7, 11) is -2.57. The molecule has 2 heterocycles. The number of aromatic nitrogens is 3. The lowest BCUT2D eigenvalue weighted by molar-refractivity contribution is 0.400. The van der Waals surface area contributed by atoms with Crippen molar-refractivity contribution in [3.05, 3.63) is 71.9 Å². The Balaban J connectivity index is 1.90. The van der Waals surface area contributed by atoms with E-state index in [1.54, 1.807) is 13.3 Å². The molecule has 0 saturated heterocycles. The first-order chi connectivity index (χ1) is 14.3. The van der Waals surface area contributed by atoms with Crippen LogP contribution < -0.4 is 9.88 Å². The Morgan fingerprint density at radius 3 is 2.53 bits per heavy atom. The normalized spacial score (nSPS) is 11.7. The maximum Gasteiger partial charge on any atom is 0.240 e. The topological polar surface area (TPSA) is 100 Å². The smallest absolute Gasteiger partial charge is 0.240 e. The van der Waals surface area contributed by atoms with Crippen molar-refractivity contribution in [2.24, 2.45) is 5.14 Å². The molecule has 30 heavy (non-hydrogen) atoms. The number of aryl methyl sites for hydroxylation is 1. The fourth-order valence-electron chi connectivity index (χ4n) is 3.50. The number of pyridine rings is 1. The Kier molecular flexibility index (Phi) is 5.00. The molecule has 0 amide bonds. The second-order valence-electron chi connectivity index (χ2n) is 6.80. The number of imidazole rings is 1. The molecule has 0 fully saturated rings. The number of sulfonamides is 1. The molecule has 7 nitrogen and oxygen atoms in total. The number of methoxy groups -OCH3 is 1. The Labute approximate surface area is 173 Å². The summed E-state index contributed by atoms with van der Waals surface area (Å²) in [6.07, 6.45) is 1.63. The van der Waals surface area contributed by atoms with Crippen molar-refractivity contribution in [2.75, 3.05) is 7.11 Å². The van der Waals surface area contributed by atoms with Gasteiger partial charge in [-0.3, -0.25) is 0 Å². The van der Waals surface area contributed by atoms with Crippen LogP contribution in [0.25, 0.3) is 22.2 Å². The zero-order valence-electron chi connectivity index (χ0n) is 16.3. The highest BCUT2D eigenvalue weighted by atomic mass is 32.2. The average molecular weight is 426 g/mol. The van der Waals surface area contributed by atoms with Gasteiger partial charge in [-0.1, -0.05) is 36.4 Å². The van der Waals surface area contributed by atoms with Crippen molar-refractivity contribution in [1.29, 1.82) is 0 Å². The summed E-state index contributed by atoms with van der Waals surface area (Å²) in [6.45, 7) is 2.12. The van der Waals surface area contributed by atoms with E-state index in [9.17, 15) is 12.8 Å². The lowest BCUT2D eigenvalue weighted by atomic mass is 10.1. The molecule has 9 heteroatoms. The largest absolute Gasteiger partial charge is 0.480 e. The standard InChI is InChI=1S/C21H19FN4O3S/c1-13-25-17-11-24-21(29-2)19(15-6-4-3-5-7-15)20(17)26(13)12-14-8-9-18(16(22)10-14)30(23,27)28/h3-11H,12H2,1-2H3,(H2,23,27,28). The first-order valence-electron chi connectivity index (χ1n) is 9.06. The Morgan fingerprint density at radius 2 is 1.90 bits per heavy atom. The van der Waals surface area contributed by atoms with Gasteiger partial charge in [0.15, 0.2) is 0 Å². The van der Waals surface area contributed by atoms with Gasteiger partial charge in [-0.2, -0.15) is 0 Å². The van der Waals surface area contributed by atoms with E-state index in [1.807, 2.05) is 41.8 Å². The van der Waals surface area contributed by atoms with Gasteiger partial charge in [0, 0.05) is 6.54 Å². The molecule has 0 radical (unpaired) electrons. The Bertz CT molecular complexity index is 1350. The monoisotopic (exact) mass is 426 g/mol. The van der Waals surface area contributed by atoms with Crippen LogP contribution in [0, 0.1) is 12.7 Å². The molecule has 154 valence electrons. The molecular weight excluding hydrogens is 407 g/mol. The highest BCUT2D eigenvalue weighted by Crippen LogP contribution is 2.36. The van der Waals surface area contributed by atoms with E-state index in [0.29, 0.717) is 22.8 Å². The van der Waals surface area contributed by atoms with E-state index in [0.717, 1.165) is 16.6 Å². The molecule has 4 rings (SSSR count). The molecule has 2 N–H and O–H groups in total. The molecule has 0 unspecified atom stereocenters. The fourth-order valence-corrected chi connectivity index (χ4v) is 4.08. The van der Waals surface area contributed by atoms with Crippen LogP contribution in [0.4, 0.5) is 4.39 Å². The number of rotatable bonds is 5. The second-order valence-corrected chi connectivity index (χ2v) is 8.33. The molecule has 0 aliphatic heterocycles. The summed E-state index contributed by atoms with van der Waals surface area (Å²) in [4.78, 5) is 8.43. The van der Waals surface area contributed by atoms with E-state index < -0.39 is 20.7 Å². The summed E-state index contributed by atoms with van der Waals surface area (Å²) in [5.41, 5.74) is 3.72. The van der Waals surface area contributed by atoms with E-state index in [-0.39, 0.29) is 6.54 Å². The number of fused-ring (bicyclic) bond motifs is 1. The number of halogens is 1. The van der Waals surface area contributed by atoms with Crippen molar-refractivity contribution in [3.8, 4) is 17.0 Å². The van der Waals surface area contributed by atoms with Crippen LogP contribution in [0.1, 0.15) is 11.4 Å². The van der Waals surface area contributed by atoms with Crippen molar-refractivity contribution >= 4 is 21.1 Å². The predicted octanol–water partition coefficient (Wildman–Crippen LogP) is 3.25. The number of hydrogen-bond donors (Lipinski definition) is 1. The lowest BCUT2D eigenvalue weighted by Gasteiger charge is -2.13. The summed E-state index contributed by atoms with van der Waals surface area (Å²) < 4.78 is 44.7. The lowest BCUT2D eigenvalue weighted by Crippen LogP contribution is -2.14. The number of nitrogens with zero attached hydrogens (tertiary/aromatic N) is 3. The molecule has 0 aliphatic rings. The van der Waals surface area contributed by atoms with Gasteiger partial charge in [-0.15, -0.1) is 0 Å². The maximum absolute atomic E-state index is 14.3. The van der Waals surface area contributed by atoms with Crippen molar-refractivity contribution in [1.82, 2.24) is 14.5 Å². The minimum Gasteiger partial charge on any atom is -0.480 e. The molecule has 4 aromatic rings. The molecule has 2 aromatic carbocycles. The predicted molar refractivity (Wildman–Crippen MR) is 111 cm³/mol. The minimum atomic E-state index is -4.13. The van der Waals surface area contributed by atoms with Gasteiger partial charge < -0.3 is 9.30 Å². The number of nitrogens with two attached hydrogens (primary N) is 1. The van der Waals surface area contributed by atoms with Gasteiger partial charge in [0.05, 0.1) is 24.4 Å². The van der Waals surface area contributed by atoms with Gasteiger partial charge in [0.25, 0.3) is 0 Å². The summed E-state index contributed by atoms with van der Waals surface area (Å²) in [6, 6.07) is 13.5. The summed E-state index contributed by atoms with van der Waals surface area (Å²) in [5, 5.41) is 5.05. The Hall–Kier alpha value is -3.30. The van der Waals surface area contributed by atoms with Crippen LogP contribution in [0.2, 0.25) is 0 Å². The number of benzene rings is 2. The van der Waals surface area contributed by atoms with Gasteiger partial charge in [0.1, 0.15) is 22.1 Å². The molecule has 0 atom stereocenters. The maximum atomic E-state index is 14.3. The minimum absolute atomic E-state index is 0.275. The molecule has 0 aliphatic carbocycles. The molecular formula is C21H19FN4O3S. The summed E-state index contributed by atoms with van der Waals surface area (Å²) >= 11 is 0. The highest BCUT2D eigenvalue weighted by molar-refractivity contribution is 7.89. The van der Waals surface area contributed by atoms with Gasteiger partial charge in [0.2, 0.25) is 15.9 Å². The van der Waals surface area contributed by atoms with Crippen molar-refractivity contribution in [3.63, 3.8) is 0 Å². The SMILES string of the molecule is COc1ncc2nc(C)n(Cc3ccc(S(N)(=O)=O)c(F)c3)c2c1-c1ccccc1. The third kappa shape index (κ3) is 3.53. The Morgan fingerprint density at radius 1 is 1.17 bits per heavy atom. The van der Waals surface area contributed by atoms with E-state index >= 15 is 0 Å². The number of primary sulfonamides is 1. The average Bonchev–Trinajstić information content (AvgIpc) is 3.02. The van der Waals surface area contributed by atoms with Crippen LogP contribution in [0.5, 0.6) is 5.88 Å². The van der Waals surface area contributed by atoms with E-state index in [4.69, 9.17) is 9.88 Å². The molecule has 0 saturated carbocycles. The number of ether oxygens (including phenoxy) is 1. The van der Waals surface area contributed by atoms with Crippen LogP contribution in [-0.2, 0) is 16.6 Å². The molecule has 2 aromatic heterocycles. The summed E-state index contributed by atoms with van der Waals surface area (Å²) in [5.74, 6) is 0.262. The van der Waals surface area contributed by atoms with Crippen LogP contribution >= 0.6 is 0 Å². The molecule has 0 spiro atoms. The van der Waals surface area contributed by atoms with E-state index in [2.05, 4.69) is 9.97 Å². The second kappa shape index (κ2) is 7.51. The van der Waals surface area contributed by atoms with Gasteiger partial charge in [-0.05, 0) is 30.2 Å². The quantitative estimate of drug-likeness (QED) is 0.528.